The van der Waals surface area contributed by atoms with Crippen molar-refractivity contribution in [3.63, 3.8) is 0 Å². The van der Waals surface area contributed by atoms with Crippen molar-refractivity contribution in [1.82, 2.24) is 9.78 Å². The summed E-state index contributed by atoms with van der Waals surface area (Å²) in [4.78, 5) is 13.2. The number of carbonyl (C=O) groups is 1. The summed E-state index contributed by atoms with van der Waals surface area (Å²) in [6.45, 7) is 3.31. The Morgan fingerprint density at radius 3 is 2.94 bits per heavy atom. The van der Waals surface area contributed by atoms with Crippen LogP contribution in [0.2, 0.25) is 0 Å². The van der Waals surface area contributed by atoms with Crippen LogP contribution in [0.25, 0.3) is 0 Å². The van der Waals surface area contributed by atoms with E-state index in [9.17, 15) is 4.79 Å². The molecule has 2 aromatic carbocycles. The molecule has 7 nitrogen and oxygen atoms in total. The Morgan fingerprint density at radius 1 is 1.16 bits per heavy atom. The van der Waals surface area contributed by atoms with Crippen LogP contribution in [0.1, 0.15) is 26.4 Å². The van der Waals surface area contributed by atoms with E-state index in [1.165, 1.54) is 22.5 Å². The summed E-state index contributed by atoms with van der Waals surface area (Å²) >= 11 is 1.37. The molecule has 1 aliphatic heterocycles. The summed E-state index contributed by atoms with van der Waals surface area (Å²) < 4.78 is 18.3. The minimum Gasteiger partial charge on any atom is -0.489 e. The number of amides is 1. The molecule has 0 saturated heterocycles. The predicted molar refractivity (Wildman–Crippen MR) is 122 cm³/mol. The number of fused-ring (bicyclic) bond motifs is 1. The van der Waals surface area contributed by atoms with E-state index in [2.05, 4.69) is 29.5 Å². The van der Waals surface area contributed by atoms with Gasteiger partial charge >= 0.3 is 0 Å². The molecule has 1 N–H and O–H groups in total. The van der Waals surface area contributed by atoms with Crippen molar-refractivity contribution in [3.8, 4) is 17.2 Å². The molecule has 4 aromatic rings. The predicted octanol–water partition coefficient (Wildman–Crippen LogP) is 4.86. The van der Waals surface area contributed by atoms with Gasteiger partial charge in [-0.1, -0.05) is 24.3 Å². The first-order chi connectivity index (χ1) is 15.6. The first-order valence-electron chi connectivity index (χ1n) is 10.1. The molecule has 0 unspecified atom stereocenters. The van der Waals surface area contributed by atoms with E-state index < -0.39 is 0 Å². The van der Waals surface area contributed by atoms with Gasteiger partial charge in [-0.2, -0.15) is 5.10 Å². The number of hydrogen-bond donors (Lipinski definition) is 1. The standard InChI is InChI=1S/C24H21N3O4S/c1-16-4-2-3-5-18(16)12-27-9-8-23(26-27)25-24(28)22-10-17(14-32-22)13-29-19-6-7-20-21(11-19)31-15-30-20/h2-11,14H,12-13,15H2,1H3,(H,25,26,28). The molecular formula is C24H21N3O4S. The highest BCUT2D eigenvalue weighted by atomic mass is 32.1. The van der Waals surface area contributed by atoms with E-state index in [0.29, 0.717) is 41.1 Å². The Morgan fingerprint density at radius 2 is 2.03 bits per heavy atom. The highest BCUT2D eigenvalue weighted by molar-refractivity contribution is 7.12. The number of nitrogens with one attached hydrogen (secondary N) is 1. The molecule has 0 spiro atoms. The van der Waals surface area contributed by atoms with Crippen LogP contribution in [0.3, 0.4) is 0 Å². The number of rotatable bonds is 7. The zero-order chi connectivity index (χ0) is 21.9. The van der Waals surface area contributed by atoms with Gasteiger partial charge in [0.1, 0.15) is 12.4 Å². The Hall–Kier alpha value is -3.78. The lowest BCUT2D eigenvalue weighted by Crippen LogP contribution is -2.11. The fraction of sp³-hybridized carbons (Fsp3) is 0.167. The normalized spacial score (nSPS) is 12.0. The smallest absolute Gasteiger partial charge is 0.266 e. The number of benzene rings is 2. The van der Waals surface area contributed by atoms with E-state index in [4.69, 9.17) is 14.2 Å². The van der Waals surface area contributed by atoms with E-state index in [-0.39, 0.29) is 12.7 Å². The number of nitrogens with zero attached hydrogens (tertiary/aromatic N) is 2. The average molecular weight is 448 g/mol. The lowest BCUT2D eigenvalue weighted by atomic mass is 10.1. The van der Waals surface area contributed by atoms with Crippen LogP contribution < -0.4 is 19.5 Å². The number of aryl methyl sites for hydroxylation is 1. The van der Waals surface area contributed by atoms with Crippen molar-refractivity contribution in [2.24, 2.45) is 0 Å². The summed E-state index contributed by atoms with van der Waals surface area (Å²) in [6.07, 6.45) is 1.86. The van der Waals surface area contributed by atoms with Gasteiger partial charge in [0, 0.05) is 23.9 Å². The molecule has 0 bridgehead atoms. The second-order valence-corrected chi connectivity index (χ2v) is 8.31. The van der Waals surface area contributed by atoms with Crippen LogP contribution in [-0.2, 0) is 13.2 Å². The zero-order valence-corrected chi connectivity index (χ0v) is 18.2. The van der Waals surface area contributed by atoms with Crippen LogP contribution in [0.15, 0.2) is 66.2 Å². The van der Waals surface area contributed by atoms with E-state index >= 15 is 0 Å². The molecule has 0 saturated carbocycles. The van der Waals surface area contributed by atoms with E-state index in [1.54, 1.807) is 12.1 Å². The summed E-state index contributed by atoms with van der Waals surface area (Å²) in [5, 5.41) is 9.24. The maximum absolute atomic E-state index is 12.6. The minimum atomic E-state index is -0.189. The van der Waals surface area contributed by atoms with Gasteiger partial charge in [0.15, 0.2) is 17.3 Å². The van der Waals surface area contributed by atoms with Crippen LogP contribution in [0, 0.1) is 6.92 Å². The Bertz CT molecular complexity index is 1260. The molecule has 0 radical (unpaired) electrons. The summed E-state index contributed by atoms with van der Waals surface area (Å²) in [5.74, 6) is 2.41. The van der Waals surface area contributed by atoms with Crippen molar-refractivity contribution in [3.05, 3.63) is 87.7 Å². The molecule has 3 heterocycles. The fourth-order valence-electron chi connectivity index (χ4n) is 3.36. The second kappa shape index (κ2) is 8.76. The maximum Gasteiger partial charge on any atom is 0.266 e. The maximum atomic E-state index is 12.6. The number of hydrogen-bond acceptors (Lipinski definition) is 6. The lowest BCUT2D eigenvalue weighted by molar-refractivity contribution is 0.103. The van der Waals surface area contributed by atoms with Gasteiger partial charge in [0.25, 0.3) is 5.91 Å². The highest BCUT2D eigenvalue weighted by Crippen LogP contribution is 2.35. The number of carbonyl (C=O) groups excluding carboxylic acids is 1. The monoisotopic (exact) mass is 447 g/mol. The number of ether oxygens (including phenoxy) is 3. The molecule has 1 amide bonds. The first kappa shape index (κ1) is 20.1. The van der Waals surface area contributed by atoms with Gasteiger partial charge in [-0.05, 0) is 41.6 Å². The van der Waals surface area contributed by atoms with Crippen molar-refractivity contribution in [1.29, 1.82) is 0 Å². The molecule has 32 heavy (non-hydrogen) atoms. The summed E-state index contributed by atoms with van der Waals surface area (Å²) in [7, 11) is 0. The van der Waals surface area contributed by atoms with Crippen LogP contribution in [0.4, 0.5) is 5.82 Å². The molecule has 2 aromatic heterocycles. The third-order valence-electron chi connectivity index (χ3n) is 5.10. The van der Waals surface area contributed by atoms with Crippen LogP contribution >= 0.6 is 11.3 Å². The number of thiophene rings is 1. The van der Waals surface area contributed by atoms with Gasteiger partial charge in [-0.3, -0.25) is 9.48 Å². The van der Waals surface area contributed by atoms with Gasteiger partial charge in [-0.15, -0.1) is 11.3 Å². The molecule has 0 aliphatic carbocycles. The second-order valence-electron chi connectivity index (χ2n) is 7.40. The molecule has 162 valence electrons. The molecule has 8 heteroatoms. The SMILES string of the molecule is Cc1ccccc1Cn1ccc(NC(=O)c2cc(COc3ccc4c(c3)OCO4)cs2)n1. The van der Waals surface area contributed by atoms with Gasteiger partial charge < -0.3 is 19.5 Å². The zero-order valence-electron chi connectivity index (χ0n) is 17.4. The highest BCUT2D eigenvalue weighted by Gasteiger charge is 2.15. The van der Waals surface area contributed by atoms with Crippen LogP contribution in [-0.4, -0.2) is 22.5 Å². The quantitative estimate of drug-likeness (QED) is 0.438. The van der Waals surface area contributed by atoms with E-state index in [1.807, 2.05) is 46.6 Å². The summed E-state index contributed by atoms with van der Waals surface area (Å²) in [6, 6.07) is 17.3. The van der Waals surface area contributed by atoms with Crippen molar-refractivity contribution < 1.29 is 19.0 Å². The minimum absolute atomic E-state index is 0.189. The van der Waals surface area contributed by atoms with Gasteiger partial charge in [-0.25, -0.2) is 0 Å². The molecular weight excluding hydrogens is 426 g/mol. The fourth-order valence-corrected chi connectivity index (χ4v) is 4.15. The van der Waals surface area contributed by atoms with Crippen LogP contribution in [0.5, 0.6) is 17.2 Å². The molecule has 1 aliphatic rings. The molecule has 5 rings (SSSR count). The average Bonchev–Trinajstić information content (AvgIpc) is 3.54. The molecule has 0 atom stereocenters. The third kappa shape index (κ3) is 4.45. The molecule has 0 fully saturated rings. The van der Waals surface area contributed by atoms with Crippen molar-refractivity contribution in [2.75, 3.05) is 12.1 Å². The topological polar surface area (TPSA) is 74.6 Å². The van der Waals surface area contributed by atoms with Crippen molar-refractivity contribution >= 4 is 23.1 Å². The largest absolute Gasteiger partial charge is 0.489 e. The number of anilines is 1. The Kier molecular flexibility index (Phi) is 5.51. The lowest BCUT2D eigenvalue weighted by Gasteiger charge is -2.06. The first-order valence-corrected chi connectivity index (χ1v) is 11.0. The Labute approximate surface area is 189 Å². The number of aromatic nitrogens is 2. The summed E-state index contributed by atoms with van der Waals surface area (Å²) in [5.41, 5.74) is 3.32. The van der Waals surface area contributed by atoms with Gasteiger partial charge in [0.05, 0.1) is 11.4 Å². The van der Waals surface area contributed by atoms with Crippen molar-refractivity contribution in [2.45, 2.75) is 20.1 Å². The Balaban J connectivity index is 1.17. The third-order valence-corrected chi connectivity index (χ3v) is 6.08. The van der Waals surface area contributed by atoms with E-state index in [0.717, 1.165) is 5.56 Å². The van der Waals surface area contributed by atoms with Gasteiger partial charge in [0.2, 0.25) is 6.79 Å².